The summed E-state index contributed by atoms with van der Waals surface area (Å²) in [5.41, 5.74) is 1.16. The molecule has 0 aliphatic carbocycles. The molecule has 0 atom stereocenters. The van der Waals surface area contributed by atoms with E-state index in [1.807, 2.05) is 43.1 Å². The Morgan fingerprint density at radius 2 is 1.81 bits per heavy atom. The highest BCUT2D eigenvalue weighted by molar-refractivity contribution is 14.0. The van der Waals surface area contributed by atoms with Crippen LogP contribution in [0.5, 0.6) is 5.75 Å². The number of nitrogens with zero attached hydrogens (tertiary/aromatic N) is 3. The maximum atomic E-state index is 11.8. The number of carbonyl (C=O) groups is 1. The fourth-order valence-corrected chi connectivity index (χ4v) is 2.10. The van der Waals surface area contributed by atoms with Crippen LogP contribution >= 0.6 is 24.0 Å². The summed E-state index contributed by atoms with van der Waals surface area (Å²) >= 11 is 0. The standard InChI is InChI=1S/C19H32N4O2.HI/c1-7-25-17-10-8-16(9-11-17)14-23(6)19(20-12-15(2)3)21-13-18(24)22(4)5;/h8-11,15H,7,12-14H2,1-6H3,(H,20,21);1H. The van der Waals surface area contributed by atoms with Gasteiger partial charge in [0.05, 0.1) is 6.61 Å². The lowest BCUT2D eigenvalue weighted by Crippen LogP contribution is -2.41. The zero-order valence-corrected chi connectivity index (χ0v) is 19.1. The zero-order valence-electron chi connectivity index (χ0n) is 16.8. The Hall–Kier alpha value is -1.51. The molecule has 0 unspecified atom stereocenters. The van der Waals surface area contributed by atoms with Gasteiger partial charge in [-0.3, -0.25) is 4.79 Å². The van der Waals surface area contributed by atoms with Crippen molar-refractivity contribution < 1.29 is 9.53 Å². The molecule has 1 N–H and O–H groups in total. The molecule has 7 heteroatoms. The van der Waals surface area contributed by atoms with Crippen LogP contribution in [0, 0.1) is 5.92 Å². The van der Waals surface area contributed by atoms with Crippen LogP contribution in [0.1, 0.15) is 26.3 Å². The molecule has 0 aliphatic rings. The van der Waals surface area contributed by atoms with Crippen LogP contribution in [0.4, 0.5) is 0 Å². The van der Waals surface area contributed by atoms with Crippen LogP contribution in [0.15, 0.2) is 29.3 Å². The number of amides is 1. The second-order valence-electron chi connectivity index (χ2n) is 6.64. The van der Waals surface area contributed by atoms with Gasteiger partial charge in [-0.15, -0.1) is 24.0 Å². The molecular formula is C19H33IN4O2. The first-order chi connectivity index (χ1) is 11.8. The number of hydrogen-bond acceptors (Lipinski definition) is 3. The molecule has 0 fully saturated rings. The molecule has 0 saturated heterocycles. The first-order valence-corrected chi connectivity index (χ1v) is 8.74. The molecular weight excluding hydrogens is 443 g/mol. The molecule has 0 spiro atoms. The van der Waals surface area contributed by atoms with Gasteiger partial charge in [0.15, 0.2) is 5.96 Å². The highest BCUT2D eigenvalue weighted by atomic mass is 127. The average molecular weight is 476 g/mol. The van der Waals surface area contributed by atoms with Gasteiger partial charge in [-0.1, -0.05) is 26.0 Å². The third-order valence-electron chi connectivity index (χ3n) is 3.55. The van der Waals surface area contributed by atoms with E-state index < -0.39 is 0 Å². The maximum absolute atomic E-state index is 11.8. The van der Waals surface area contributed by atoms with Crippen molar-refractivity contribution in [3.05, 3.63) is 29.8 Å². The number of hydrogen-bond donors (Lipinski definition) is 1. The van der Waals surface area contributed by atoms with Gasteiger partial charge < -0.3 is 19.9 Å². The van der Waals surface area contributed by atoms with Crippen LogP contribution < -0.4 is 10.1 Å². The Labute approximate surface area is 175 Å². The van der Waals surface area contributed by atoms with E-state index in [1.54, 1.807) is 19.0 Å². The summed E-state index contributed by atoms with van der Waals surface area (Å²) < 4.78 is 5.47. The van der Waals surface area contributed by atoms with E-state index in [0.717, 1.165) is 23.8 Å². The predicted molar refractivity (Wildman–Crippen MR) is 118 cm³/mol. The van der Waals surface area contributed by atoms with Crippen LogP contribution in [-0.2, 0) is 11.3 Å². The van der Waals surface area contributed by atoms with Gasteiger partial charge in [0, 0.05) is 34.2 Å². The Balaban J connectivity index is 0.00000625. The van der Waals surface area contributed by atoms with Gasteiger partial charge in [0.1, 0.15) is 12.3 Å². The molecule has 26 heavy (non-hydrogen) atoms. The molecule has 0 aromatic heterocycles. The van der Waals surface area contributed by atoms with E-state index in [2.05, 4.69) is 24.2 Å². The van der Waals surface area contributed by atoms with Crippen molar-refractivity contribution in [1.82, 2.24) is 15.1 Å². The van der Waals surface area contributed by atoms with Crippen molar-refractivity contribution in [2.75, 3.05) is 40.8 Å². The van der Waals surface area contributed by atoms with Crippen LogP contribution in [0.2, 0.25) is 0 Å². The summed E-state index contributed by atoms with van der Waals surface area (Å²) in [7, 11) is 5.45. The minimum absolute atomic E-state index is 0. The smallest absolute Gasteiger partial charge is 0.243 e. The molecule has 1 rings (SSSR count). The Kier molecular flexibility index (Phi) is 12.0. The van der Waals surface area contributed by atoms with E-state index in [1.165, 1.54) is 0 Å². The lowest BCUT2D eigenvalue weighted by Gasteiger charge is -2.23. The molecule has 1 aromatic carbocycles. The van der Waals surface area contributed by atoms with Gasteiger partial charge >= 0.3 is 0 Å². The van der Waals surface area contributed by atoms with Crippen molar-refractivity contribution in [1.29, 1.82) is 0 Å². The van der Waals surface area contributed by atoms with Crippen molar-refractivity contribution in [2.45, 2.75) is 27.3 Å². The van der Waals surface area contributed by atoms with E-state index in [-0.39, 0.29) is 36.4 Å². The number of halogens is 1. The van der Waals surface area contributed by atoms with Gasteiger partial charge in [-0.2, -0.15) is 0 Å². The largest absolute Gasteiger partial charge is 0.494 e. The molecule has 0 bridgehead atoms. The molecule has 1 aromatic rings. The summed E-state index contributed by atoms with van der Waals surface area (Å²) in [5, 5.41) is 3.35. The third kappa shape index (κ3) is 9.26. The summed E-state index contributed by atoms with van der Waals surface area (Å²) in [6.45, 7) is 8.56. The lowest BCUT2D eigenvalue weighted by atomic mass is 10.2. The quantitative estimate of drug-likeness (QED) is 0.356. The Morgan fingerprint density at radius 3 is 2.31 bits per heavy atom. The second-order valence-corrected chi connectivity index (χ2v) is 6.64. The highest BCUT2D eigenvalue weighted by Crippen LogP contribution is 2.13. The van der Waals surface area contributed by atoms with Gasteiger partial charge in [-0.25, -0.2) is 4.99 Å². The van der Waals surface area contributed by atoms with Crippen LogP contribution in [0.25, 0.3) is 0 Å². The first-order valence-electron chi connectivity index (χ1n) is 8.74. The van der Waals surface area contributed by atoms with Crippen LogP contribution in [-0.4, -0.2) is 62.5 Å². The third-order valence-corrected chi connectivity index (χ3v) is 3.55. The Bertz CT molecular complexity index is 559. The van der Waals surface area contributed by atoms with Crippen molar-refractivity contribution in [2.24, 2.45) is 10.9 Å². The average Bonchev–Trinajstić information content (AvgIpc) is 2.56. The molecule has 1 amide bonds. The van der Waals surface area contributed by atoms with E-state index >= 15 is 0 Å². The number of aliphatic imine (C=N–C) groups is 1. The summed E-state index contributed by atoms with van der Waals surface area (Å²) in [4.78, 5) is 19.9. The number of likely N-dealkylation sites (N-methyl/N-ethyl adjacent to an activating group) is 1. The van der Waals surface area contributed by atoms with Gasteiger partial charge in [0.2, 0.25) is 5.91 Å². The zero-order chi connectivity index (χ0) is 18.8. The van der Waals surface area contributed by atoms with Gasteiger partial charge in [-0.05, 0) is 30.5 Å². The minimum atomic E-state index is -0.0154. The van der Waals surface area contributed by atoms with Crippen molar-refractivity contribution in [3.8, 4) is 5.75 Å². The monoisotopic (exact) mass is 476 g/mol. The van der Waals surface area contributed by atoms with E-state index in [9.17, 15) is 4.79 Å². The lowest BCUT2D eigenvalue weighted by molar-refractivity contribution is -0.127. The van der Waals surface area contributed by atoms with E-state index in [4.69, 9.17) is 4.74 Å². The number of ether oxygens (including phenoxy) is 1. The maximum Gasteiger partial charge on any atom is 0.243 e. The van der Waals surface area contributed by atoms with Crippen molar-refractivity contribution >= 4 is 35.8 Å². The molecule has 0 saturated carbocycles. The fraction of sp³-hybridized carbons (Fsp3) is 0.579. The first kappa shape index (κ1) is 24.5. The SMILES string of the molecule is CCOc1ccc(CN(C)C(=NCC(=O)N(C)C)NCC(C)C)cc1.I. The number of nitrogens with one attached hydrogen (secondary N) is 1. The fourth-order valence-electron chi connectivity index (χ4n) is 2.10. The number of benzene rings is 1. The molecule has 0 radical (unpaired) electrons. The number of carbonyl (C=O) groups excluding carboxylic acids is 1. The predicted octanol–water partition coefficient (Wildman–Crippen LogP) is 2.82. The molecule has 6 nitrogen and oxygen atoms in total. The summed E-state index contributed by atoms with van der Waals surface area (Å²) in [6, 6.07) is 8.04. The van der Waals surface area contributed by atoms with Crippen molar-refractivity contribution in [3.63, 3.8) is 0 Å². The number of guanidine groups is 1. The van der Waals surface area contributed by atoms with E-state index in [0.29, 0.717) is 19.1 Å². The normalized spacial score (nSPS) is 11.0. The molecule has 0 heterocycles. The minimum Gasteiger partial charge on any atom is -0.494 e. The molecule has 148 valence electrons. The summed E-state index contributed by atoms with van der Waals surface area (Å²) in [5.74, 6) is 2.09. The highest BCUT2D eigenvalue weighted by Gasteiger charge is 2.10. The van der Waals surface area contributed by atoms with Gasteiger partial charge in [0.25, 0.3) is 0 Å². The topological polar surface area (TPSA) is 57.2 Å². The summed E-state index contributed by atoms with van der Waals surface area (Å²) in [6.07, 6.45) is 0. The van der Waals surface area contributed by atoms with Crippen LogP contribution in [0.3, 0.4) is 0 Å². The number of rotatable bonds is 8. The Morgan fingerprint density at radius 1 is 1.19 bits per heavy atom. The molecule has 0 aliphatic heterocycles. The second kappa shape index (κ2) is 12.8.